The van der Waals surface area contributed by atoms with Gasteiger partial charge in [-0.1, -0.05) is 157 Å². The maximum absolute atomic E-state index is 6.36. The first-order valence-electron chi connectivity index (χ1n) is 21.1. The van der Waals surface area contributed by atoms with E-state index >= 15 is 0 Å². The number of hydrogen-bond donors (Lipinski definition) is 1. The fourth-order valence-corrected chi connectivity index (χ4v) is 9.00. The van der Waals surface area contributed by atoms with Crippen LogP contribution in [0.4, 0.5) is 5.69 Å². The first-order valence-corrected chi connectivity index (χ1v) is 21.1. The monoisotopic (exact) mass is 805 g/mol. The number of para-hydroxylation sites is 2. The van der Waals surface area contributed by atoms with Crippen LogP contribution in [0.25, 0.3) is 72.0 Å². The van der Waals surface area contributed by atoms with Gasteiger partial charge in [-0.3, -0.25) is 4.57 Å². The van der Waals surface area contributed by atoms with E-state index in [1.165, 1.54) is 27.3 Å². The largest absolute Gasteiger partial charge is 0.399 e. The van der Waals surface area contributed by atoms with Crippen LogP contribution in [-0.4, -0.2) is 19.4 Å². The summed E-state index contributed by atoms with van der Waals surface area (Å²) in [5.41, 5.74) is 19.6. The topological polar surface area (TPSA) is 60.0 Å². The second-order valence-corrected chi connectivity index (χ2v) is 15.7. The number of nitrogens with zero attached hydrogens (tertiary/aromatic N) is 4. The molecule has 63 heavy (non-hydrogen) atoms. The van der Waals surface area contributed by atoms with Crippen molar-refractivity contribution in [3.63, 3.8) is 0 Å². The Morgan fingerprint density at radius 1 is 0.683 bits per heavy atom. The van der Waals surface area contributed by atoms with Gasteiger partial charge in [-0.05, 0) is 82.1 Å². The Balaban J connectivity index is 0.000000581. The van der Waals surface area contributed by atoms with Gasteiger partial charge in [-0.25, -0.2) is 9.97 Å². The molecular weight excluding hydrogens is 767 g/mol. The number of anilines is 1. The Hall–Kier alpha value is -8.64. The lowest BCUT2D eigenvalue weighted by Gasteiger charge is -2.28. The predicted molar refractivity (Wildman–Crippen MR) is 261 cm³/mol. The van der Waals surface area contributed by atoms with Gasteiger partial charge in [0.15, 0.2) is 0 Å². The highest BCUT2D eigenvalue weighted by Gasteiger charge is 2.31. The third-order valence-electron chi connectivity index (χ3n) is 11.9. The third kappa shape index (κ3) is 6.66. The summed E-state index contributed by atoms with van der Waals surface area (Å²) in [4.78, 5) is 12.9. The van der Waals surface area contributed by atoms with E-state index in [1.54, 1.807) is 0 Å². The fraction of sp³-hybridized carbons (Fsp3) is 0.0345. The minimum Gasteiger partial charge on any atom is -0.399 e. The molecule has 0 spiro atoms. The molecule has 4 heterocycles. The van der Waals surface area contributed by atoms with E-state index in [0.717, 1.165) is 84.5 Å². The molecule has 0 atom stereocenters. The number of fused-ring (bicyclic) bond motifs is 9. The number of hydrogen-bond acceptors (Lipinski definition) is 4. The van der Waals surface area contributed by atoms with Crippen LogP contribution in [0.1, 0.15) is 23.1 Å². The maximum atomic E-state index is 6.36. The summed E-state index contributed by atoms with van der Waals surface area (Å²) in [7, 11) is 0. The van der Waals surface area contributed by atoms with Crippen molar-refractivity contribution in [3.8, 4) is 41.4 Å². The molecule has 2 aromatic heterocycles. The van der Waals surface area contributed by atoms with Crippen LogP contribution in [0.2, 0.25) is 0 Å². The molecule has 0 amide bonds. The molecule has 5 nitrogen and oxygen atoms in total. The van der Waals surface area contributed by atoms with Gasteiger partial charge in [0.25, 0.3) is 0 Å². The van der Waals surface area contributed by atoms with Gasteiger partial charge in [0.05, 0.1) is 33.5 Å². The second kappa shape index (κ2) is 15.8. The number of terminal acetylenes is 1. The van der Waals surface area contributed by atoms with Gasteiger partial charge < -0.3 is 10.6 Å². The van der Waals surface area contributed by atoms with Crippen LogP contribution in [0.5, 0.6) is 0 Å². The molecule has 296 valence electrons. The Morgan fingerprint density at radius 3 is 2.25 bits per heavy atom. The quantitative estimate of drug-likeness (QED) is 0.142. The van der Waals surface area contributed by atoms with E-state index in [1.807, 2.05) is 54.6 Å². The van der Waals surface area contributed by atoms with Gasteiger partial charge in [0.1, 0.15) is 0 Å². The lowest BCUT2D eigenvalue weighted by molar-refractivity contribution is 0.518. The van der Waals surface area contributed by atoms with Crippen molar-refractivity contribution in [3.05, 3.63) is 228 Å². The average Bonchev–Trinajstić information content (AvgIpc) is 3.75. The lowest BCUT2D eigenvalue weighted by atomic mass is 9.93. The van der Waals surface area contributed by atoms with Crippen LogP contribution in [0, 0.1) is 24.2 Å². The number of benzene rings is 7. The number of rotatable bonds is 4. The fourth-order valence-electron chi connectivity index (χ4n) is 9.00. The first kappa shape index (κ1) is 37.4. The summed E-state index contributed by atoms with van der Waals surface area (Å²) < 4.78 is 2.23. The van der Waals surface area contributed by atoms with E-state index < -0.39 is 0 Å². The van der Waals surface area contributed by atoms with Gasteiger partial charge in [-0.15, -0.1) is 6.42 Å². The van der Waals surface area contributed by atoms with Gasteiger partial charge in [0, 0.05) is 57.2 Å². The van der Waals surface area contributed by atoms with Crippen LogP contribution >= 0.6 is 0 Å². The Morgan fingerprint density at radius 2 is 1.43 bits per heavy atom. The molecule has 2 N–H and O–H groups in total. The number of nitrogen functional groups attached to an aromatic ring is 1. The van der Waals surface area contributed by atoms with Crippen LogP contribution in [0.15, 0.2) is 211 Å². The van der Waals surface area contributed by atoms with E-state index in [2.05, 4.69) is 167 Å². The van der Waals surface area contributed by atoms with Crippen molar-refractivity contribution in [1.29, 1.82) is 0 Å². The summed E-state index contributed by atoms with van der Waals surface area (Å²) in [5, 5.41) is 5.69. The van der Waals surface area contributed by atoms with Crippen molar-refractivity contribution in [2.24, 2.45) is 0 Å². The van der Waals surface area contributed by atoms with Crippen molar-refractivity contribution >= 4 is 60.4 Å². The number of aromatic nitrogens is 3. The van der Waals surface area contributed by atoms with Crippen LogP contribution < -0.4 is 5.73 Å². The lowest BCUT2D eigenvalue weighted by Crippen LogP contribution is -2.19. The van der Waals surface area contributed by atoms with E-state index in [-0.39, 0.29) is 0 Å². The zero-order chi connectivity index (χ0) is 42.3. The van der Waals surface area contributed by atoms with Gasteiger partial charge >= 0.3 is 0 Å². The normalized spacial score (nSPS) is 14.7. The van der Waals surface area contributed by atoms with Crippen LogP contribution in [-0.2, 0) is 6.54 Å². The molecule has 5 heteroatoms. The summed E-state index contributed by atoms with van der Waals surface area (Å²) in [5.74, 6) is 10.3. The van der Waals surface area contributed by atoms with E-state index in [0.29, 0.717) is 12.4 Å². The molecule has 0 saturated heterocycles. The summed E-state index contributed by atoms with van der Waals surface area (Å²) in [6.45, 7) is 0.748. The van der Waals surface area contributed by atoms with Gasteiger partial charge in [-0.2, -0.15) is 0 Å². The van der Waals surface area contributed by atoms with Crippen molar-refractivity contribution in [1.82, 2.24) is 19.4 Å². The molecule has 0 radical (unpaired) electrons. The molecule has 3 aliphatic rings. The Kier molecular flexibility index (Phi) is 9.34. The van der Waals surface area contributed by atoms with E-state index in [9.17, 15) is 0 Å². The second-order valence-electron chi connectivity index (χ2n) is 15.7. The number of nitrogens with two attached hydrogens (primary N) is 1. The van der Waals surface area contributed by atoms with Crippen molar-refractivity contribution < 1.29 is 0 Å². The summed E-state index contributed by atoms with van der Waals surface area (Å²) >= 11 is 0. The molecule has 1 aliphatic carbocycles. The SMILES string of the molecule is C#C/C(C1=CC=CCC#C1)=C1/C=C(c2ccc3c(c2)c2c4ccccc4ccc2n3-c2nc(-c3ccccc3)c3ccccc3n2)C=C2c3ccccc3CN21.Nc1ccccc1. The van der Waals surface area contributed by atoms with Crippen LogP contribution in [0.3, 0.4) is 0 Å². The molecule has 12 rings (SSSR count). The molecular formula is C58H39N5. The standard InChI is InChI=1S/C52H32N4.C6H7N/c1-2-40(34-16-6-3-4-7-17-34)48-31-39(32-49-41-22-12-11-21-38(41)33-55(48)49)37-27-28-46-44(30-37)50-42-23-13-10-18-35(42)26-29-47(50)56(46)52-53-45-25-15-14-24-43(45)51(54-52)36-19-8-5-9-20-36;7-6-4-2-1-3-5-6/h1,3,5-6,8-16,18-32H,4,33H2;1-5H,7H2/b48-40+;. The number of allylic oxidation sites excluding steroid dienone is 8. The zero-order valence-electron chi connectivity index (χ0n) is 34.3. The molecule has 0 saturated carbocycles. The Bertz CT molecular complexity index is 3580. The van der Waals surface area contributed by atoms with Crippen molar-refractivity contribution in [2.75, 3.05) is 5.73 Å². The third-order valence-corrected chi connectivity index (χ3v) is 11.9. The molecule has 7 aromatic carbocycles. The molecule has 9 aromatic rings. The highest BCUT2D eigenvalue weighted by Crippen LogP contribution is 2.45. The highest BCUT2D eigenvalue weighted by molar-refractivity contribution is 6.21. The maximum Gasteiger partial charge on any atom is 0.235 e. The first-order chi connectivity index (χ1) is 31.1. The molecule has 0 fully saturated rings. The van der Waals surface area contributed by atoms with Gasteiger partial charge in [0.2, 0.25) is 5.95 Å². The molecule has 2 aliphatic heterocycles. The summed E-state index contributed by atoms with van der Waals surface area (Å²) in [6.07, 6.45) is 17.8. The minimum absolute atomic E-state index is 0.638. The average molecular weight is 806 g/mol. The minimum atomic E-state index is 0.638. The van der Waals surface area contributed by atoms with E-state index in [4.69, 9.17) is 22.1 Å². The summed E-state index contributed by atoms with van der Waals surface area (Å²) in [6, 6.07) is 56.6. The highest BCUT2D eigenvalue weighted by atomic mass is 15.2. The predicted octanol–water partition coefficient (Wildman–Crippen LogP) is 12.8. The molecule has 0 unspecified atom stereocenters. The smallest absolute Gasteiger partial charge is 0.235 e. The molecule has 0 bridgehead atoms. The van der Waals surface area contributed by atoms with Crippen molar-refractivity contribution in [2.45, 2.75) is 13.0 Å². The Labute approximate surface area is 366 Å². The zero-order valence-corrected chi connectivity index (χ0v) is 34.3.